The lowest BCUT2D eigenvalue weighted by Crippen LogP contribution is -2.50. The number of likely N-dealkylation sites (tertiary alicyclic amines) is 1. The summed E-state index contributed by atoms with van der Waals surface area (Å²) in [6, 6.07) is 6.71. The molecule has 1 aliphatic heterocycles. The van der Waals surface area contributed by atoms with E-state index in [2.05, 4.69) is 73.1 Å². The van der Waals surface area contributed by atoms with Crippen molar-refractivity contribution in [1.82, 2.24) is 20.2 Å². The molecule has 0 unspecified atom stereocenters. The first-order valence-electron chi connectivity index (χ1n) is 9.63. The van der Waals surface area contributed by atoms with Crippen LogP contribution in [-0.2, 0) is 0 Å². The highest BCUT2D eigenvalue weighted by Crippen LogP contribution is 2.36. The molecule has 0 aliphatic carbocycles. The van der Waals surface area contributed by atoms with Gasteiger partial charge in [0.1, 0.15) is 0 Å². The zero-order valence-electron chi connectivity index (χ0n) is 16.5. The van der Waals surface area contributed by atoms with Crippen LogP contribution in [0, 0.1) is 5.41 Å². The van der Waals surface area contributed by atoms with Gasteiger partial charge in [0.15, 0.2) is 0 Å². The summed E-state index contributed by atoms with van der Waals surface area (Å²) >= 11 is 0. The number of nitrogens with zero attached hydrogens (tertiary/aromatic N) is 2. The van der Waals surface area contributed by atoms with Crippen molar-refractivity contribution in [2.75, 3.05) is 26.7 Å². The number of H-pyrrole nitrogens is 1. The highest BCUT2D eigenvalue weighted by atomic mass is 15.2. The van der Waals surface area contributed by atoms with Crippen molar-refractivity contribution in [3.05, 3.63) is 30.1 Å². The number of hydrogen-bond acceptors (Lipinski definition) is 3. The fraction of sp³-hybridized carbons (Fsp3) is 0.667. The molecule has 0 amide bonds. The molecule has 2 heterocycles. The average molecular weight is 343 g/mol. The van der Waals surface area contributed by atoms with Crippen LogP contribution >= 0.6 is 0 Å². The van der Waals surface area contributed by atoms with Crippen molar-refractivity contribution in [3.63, 3.8) is 0 Å². The van der Waals surface area contributed by atoms with Crippen molar-refractivity contribution in [3.8, 4) is 0 Å². The van der Waals surface area contributed by atoms with E-state index in [1.165, 1.54) is 37.9 Å². The van der Waals surface area contributed by atoms with Crippen molar-refractivity contribution in [2.45, 2.75) is 58.4 Å². The standard InChI is InChI=1S/C21H34N4/c1-20(2,14-22-5)13-21(3,4)25-10-8-16(9-11-25)17-6-7-18-19(12-17)24-15-23-18/h6-7,12,15-16,22H,8-11,13-14H2,1-5H3,(H,23,24). The number of aromatic nitrogens is 2. The van der Waals surface area contributed by atoms with Gasteiger partial charge in [-0.2, -0.15) is 0 Å². The molecule has 4 nitrogen and oxygen atoms in total. The summed E-state index contributed by atoms with van der Waals surface area (Å²) in [5.74, 6) is 0.671. The van der Waals surface area contributed by atoms with Gasteiger partial charge in [0.2, 0.25) is 0 Å². The second-order valence-corrected chi connectivity index (χ2v) is 9.12. The van der Waals surface area contributed by atoms with Crippen molar-refractivity contribution < 1.29 is 0 Å². The molecule has 25 heavy (non-hydrogen) atoms. The SMILES string of the molecule is CNCC(C)(C)CC(C)(C)N1CCC(c2ccc3nc[nH]c3c2)CC1. The summed E-state index contributed by atoms with van der Waals surface area (Å²) < 4.78 is 0. The lowest BCUT2D eigenvalue weighted by molar-refractivity contribution is 0.0500. The van der Waals surface area contributed by atoms with Gasteiger partial charge in [-0.3, -0.25) is 4.90 Å². The highest BCUT2D eigenvalue weighted by Gasteiger charge is 2.35. The maximum absolute atomic E-state index is 4.33. The first-order valence-corrected chi connectivity index (χ1v) is 9.63. The van der Waals surface area contributed by atoms with Gasteiger partial charge in [-0.25, -0.2) is 4.98 Å². The summed E-state index contributed by atoms with van der Waals surface area (Å²) in [5, 5.41) is 3.35. The number of hydrogen-bond donors (Lipinski definition) is 2. The van der Waals surface area contributed by atoms with Crippen LogP contribution in [0.25, 0.3) is 11.0 Å². The Hall–Kier alpha value is -1.39. The summed E-state index contributed by atoms with van der Waals surface area (Å²) in [6.07, 6.45) is 5.49. The Kier molecular flexibility index (Phi) is 5.21. The molecule has 0 saturated carbocycles. The highest BCUT2D eigenvalue weighted by molar-refractivity contribution is 5.75. The zero-order valence-corrected chi connectivity index (χ0v) is 16.5. The van der Waals surface area contributed by atoms with E-state index in [1.54, 1.807) is 6.33 Å². The van der Waals surface area contributed by atoms with Crippen LogP contribution in [0.2, 0.25) is 0 Å². The molecule has 2 N–H and O–H groups in total. The molecule has 0 spiro atoms. The van der Waals surface area contributed by atoms with Gasteiger partial charge in [0.05, 0.1) is 17.4 Å². The lowest BCUT2D eigenvalue weighted by Gasteiger charge is -2.46. The largest absolute Gasteiger partial charge is 0.345 e. The molecular formula is C21H34N4. The second-order valence-electron chi connectivity index (χ2n) is 9.12. The van der Waals surface area contributed by atoms with Crippen LogP contribution in [0.1, 0.15) is 58.4 Å². The van der Waals surface area contributed by atoms with Crippen molar-refractivity contribution in [2.24, 2.45) is 5.41 Å². The van der Waals surface area contributed by atoms with Gasteiger partial charge >= 0.3 is 0 Å². The van der Waals surface area contributed by atoms with Gasteiger partial charge in [-0.05, 0) is 82.3 Å². The smallest absolute Gasteiger partial charge is 0.0931 e. The molecule has 2 aromatic rings. The Balaban J connectivity index is 1.62. The van der Waals surface area contributed by atoms with E-state index in [0.29, 0.717) is 11.3 Å². The van der Waals surface area contributed by atoms with Crippen LogP contribution < -0.4 is 5.32 Å². The third kappa shape index (κ3) is 4.24. The summed E-state index contributed by atoms with van der Waals surface area (Å²) in [6.45, 7) is 13.0. The third-order valence-electron chi connectivity index (χ3n) is 5.83. The third-order valence-corrected chi connectivity index (χ3v) is 5.83. The van der Waals surface area contributed by atoms with E-state index in [4.69, 9.17) is 0 Å². The van der Waals surface area contributed by atoms with Crippen LogP contribution in [0.5, 0.6) is 0 Å². The first kappa shape index (κ1) is 18.4. The molecule has 1 fully saturated rings. The Morgan fingerprint density at radius 3 is 2.60 bits per heavy atom. The molecule has 138 valence electrons. The minimum atomic E-state index is 0.249. The maximum atomic E-state index is 4.33. The fourth-order valence-corrected chi connectivity index (χ4v) is 4.85. The number of piperidine rings is 1. The second kappa shape index (κ2) is 7.08. The van der Waals surface area contributed by atoms with Gasteiger partial charge in [0.25, 0.3) is 0 Å². The Morgan fingerprint density at radius 2 is 1.92 bits per heavy atom. The average Bonchev–Trinajstić information content (AvgIpc) is 3.01. The van der Waals surface area contributed by atoms with E-state index in [0.717, 1.165) is 17.6 Å². The van der Waals surface area contributed by atoms with Crippen LogP contribution in [-0.4, -0.2) is 47.1 Å². The molecule has 1 saturated heterocycles. The van der Waals surface area contributed by atoms with Gasteiger partial charge in [-0.15, -0.1) is 0 Å². The lowest BCUT2D eigenvalue weighted by atomic mass is 9.77. The summed E-state index contributed by atoms with van der Waals surface area (Å²) in [7, 11) is 2.05. The van der Waals surface area contributed by atoms with Crippen molar-refractivity contribution >= 4 is 11.0 Å². The molecule has 1 aromatic heterocycles. The van der Waals surface area contributed by atoms with Gasteiger partial charge in [0, 0.05) is 12.1 Å². The topological polar surface area (TPSA) is 44.0 Å². The van der Waals surface area contributed by atoms with Gasteiger partial charge < -0.3 is 10.3 Å². The number of rotatable bonds is 6. The zero-order chi connectivity index (χ0) is 18.1. The van der Waals surface area contributed by atoms with Crippen molar-refractivity contribution in [1.29, 1.82) is 0 Å². The number of aromatic amines is 1. The number of imidazole rings is 1. The summed E-state index contributed by atoms with van der Waals surface area (Å²) in [5.41, 5.74) is 4.26. The maximum Gasteiger partial charge on any atom is 0.0931 e. The predicted octanol–water partition coefficient (Wildman–Crippen LogP) is 4.16. The fourth-order valence-electron chi connectivity index (χ4n) is 4.85. The molecule has 0 radical (unpaired) electrons. The molecule has 4 heteroatoms. The van der Waals surface area contributed by atoms with Gasteiger partial charge in [-0.1, -0.05) is 19.9 Å². The molecule has 3 rings (SSSR count). The first-order chi connectivity index (χ1) is 11.8. The van der Waals surface area contributed by atoms with E-state index < -0.39 is 0 Å². The molecule has 1 aromatic carbocycles. The van der Waals surface area contributed by atoms with E-state index >= 15 is 0 Å². The quantitative estimate of drug-likeness (QED) is 0.828. The molecular weight excluding hydrogens is 308 g/mol. The van der Waals surface area contributed by atoms with Crippen LogP contribution in [0.3, 0.4) is 0 Å². The Morgan fingerprint density at radius 1 is 1.20 bits per heavy atom. The monoisotopic (exact) mass is 342 g/mol. The van der Waals surface area contributed by atoms with Crippen LogP contribution in [0.4, 0.5) is 0 Å². The Labute approximate surface area is 152 Å². The van der Waals surface area contributed by atoms with E-state index in [-0.39, 0.29) is 5.54 Å². The Bertz CT molecular complexity index is 693. The number of benzene rings is 1. The predicted molar refractivity (Wildman–Crippen MR) is 106 cm³/mol. The minimum Gasteiger partial charge on any atom is -0.345 e. The minimum absolute atomic E-state index is 0.249. The normalized spacial score (nSPS) is 18.1. The molecule has 0 bridgehead atoms. The van der Waals surface area contributed by atoms with E-state index in [9.17, 15) is 0 Å². The number of nitrogens with one attached hydrogen (secondary N) is 2. The van der Waals surface area contributed by atoms with E-state index in [1.807, 2.05) is 0 Å². The molecule has 1 aliphatic rings. The number of fused-ring (bicyclic) bond motifs is 1. The summed E-state index contributed by atoms with van der Waals surface area (Å²) in [4.78, 5) is 10.3. The van der Waals surface area contributed by atoms with Crippen LogP contribution in [0.15, 0.2) is 24.5 Å². The molecule has 0 atom stereocenters.